The second-order valence-electron chi connectivity index (χ2n) is 12.5. The van der Waals surface area contributed by atoms with Crippen LogP contribution in [0, 0.1) is 0 Å². The van der Waals surface area contributed by atoms with E-state index in [1.165, 1.54) is 116 Å². The average molecular weight is 631 g/mol. The van der Waals surface area contributed by atoms with Crippen molar-refractivity contribution >= 4 is 11.9 Å². The number of rotatable bonds is 34. The highest BCUT2D eigenvalue weighted by Gasteiger charge is 2.11. The molecule has 0 N–H and O–H groups in total. The van der Waals surface area contributed by atoms with Gasteiger partial charge in [-0.15, -0.1) is 0 Å². The Kier molecular flexibility index (Phi) is 32.8. The minimum absolute atomic E-state index is 0.216. The summed E-state index contributed by atoms with van der Waals surface area (Å²) >= 11 is 0. The molecule has 0 amide bonds. The average Bonchev–Trinajstić information content (AvgIpc) is 3.00. The Bertz CT molecular complexity index is 718. The first-order valence-corrected chi connectivity index (χ1v) is 18.8. The number of ether oxygens (including phenoxy) is 3. The monoisotopic (exact) mass is 631 g/mol. The van der Waals surface area contributed by atoms with Crippen molar-refractivity contribution in [3.63, 3.8) is 0 Å². The Morgan fingerprint density at radius 2 is 0.667 bits per heavy atom. The van der Waals surface area contributed by atoms with Crippen molar-refractivity contribution in [3.05, 3.63) is 49.4 Å². The molecule has 0 radical (unpaired) electrons. The van der Waals surface area contributed by atoms with Gasteiger partial charge in [-0.2, -0.15) is 0 Å². The summed E-state index contributed by atoms with van der Waals surface area (Å²) in [6, 6.07) is 0. The lowest BCUT2D eigenvalue weighted by Gasteiger charge is -2.11. The third kappa shape index (κ3) is 34.4. The van der Waals surface area contributed by atoms with Gasteiger partial charge in [-0.05, 0) is 77.4 Å². The smallest absolute Gasteiger partial charge is 0.313 e. The standard InChI is InChI=1S/C40H70O5/c1-5-7-9-11-13-15-17-19-21-23-25-27-29-31-33-35-39(41)44-37(3)43-38(4)45-40(42)36-34-32-30-28-26-24-22-20-18-16-14-12-10-8-6-2/h19-22H,3-18,23-36H2,1-2H3/b21-19-,22-20?. The maximum absolute atomic E-state index is 12.0. The highest BCUT2D eigenvalue weighted by molar-refractivity contribution is 5.70. The fourth-order valence-electron chi connectivity index (χ4n) is 5.20. The van der Waals surface area contributed by atoms with Crippen LogP contribution in [0.25, 0.3) is 0 Å². The van der Waals surface area contributed by atoms with Crippen molar-refractivity contribution in [2.24, 2.45) is 0 Å². The van der Waals surface area contributed by atoms with Gasteiger partial charge in [0.25, 0.3) is 11.9 Å². The first-order chi connectivity index (χ1) is 22.0. The van der Waals surface area contributed by atoms with Crippen LogP contribution in [0.5, 0.6) is 0 Å². The predicted molar refractivity (Wildman–Crippen MR) is 190 cm³/mol. The maximum atomic E-state index is 12.0. The minimum Gasteiger partial charge on any atom is -0.393 e. The van der Waals surface area contributed by atoms with Crippen LogP contribution in [0.1, 0.15) is 194 Å². The first-order valence-electron chi connectivity index (χ1n) is 18.8. The summed E-state index contributed by atoms with van der Waals surface area (Å²) in [5, 5.41) is 0. The molecular weight excluding hydrogens is 560 g/mol. The van der Waals surface area contributed by atoms with Gasteiger partial charge in [0.05, 0.1) is 0 Å². The lowest BCUT2D eigenvalue weighted by Crippen LogP contribution is -2.09. The van der Waals surface area contributed by atoms with Gasteiger partial charge in [0.15, 0.2) is 0 Å². The zero-order chi connectivity index (χ0) is 33.1. The lowest BCUT2D eigenvalue weighted by molar-refractivity contribution is -0.150. The molecule has 0 aromatic carbocycles. The Hall–Kier alpha value is -2.30. The summed E-state index contributed by atoms with van der Waals surface area (Å²) in [7, 11) is 0. The van der Waals surface area contributed by atoms with Crippen LogP contribution in [-0.4, -0.2) is 11.9 Å². The van der Waals surface area contributed by atoms with Crippen LogP contribution in [-0.2, 0) is 23.8 Å². The molecule has 0 aromatic heterocycles. The van der Waals surface area contributed by atoms with E-state index in [-0.39, 0.29) is 11.9 Å². The number of esters is 2. The summed E-state index contributed by atoms with van der Waals surface area (Å²) in [6.07, 6.45) is 41.3. The van der Waals surface area contributed by atoms with Crippen molar-refractivity contribution < 1.29 is 23.8 Å². The van der Waals surface area contributed by atoms with Gasteiger partial charge >= 0.3 is 11.9 Å². The molecular formula is C40H70O5. The zero-order valence-corrected chi connectivity index (χ0v) is 29.6. The molecule has 0 aliphatic heterocycles. The van der Waals surface area contributed by atoms with E-state index in [1.807, 2.05) is 0 Å². The molecule has 0 saturated heterocycles. The molecule has 0 heterocycles. The van der Waals surface area contributed by atoms with Crippen molar-refractivity contribution in [1.29, 1.82) is 0 Å². The predicted octanol–water partition coefficient (Wildman–Crippen LogP) is 13.1. The van der Waals surface area contributed by atoms with E-state index in [1.54, 1.807) is 0 Å². The van der Waals surface area contributed by atoms with Crippen molar-refractivity contribution in [1.82, 2.24) is 0 Å². The molecule has 0 atom stereocenters. The van der Waals surface area contributed by atoms with E-state index in [4.69, 9.17) is 14.2 Å². The summed E-state index contributed by atoms with van der Waals surface area (Å²) in [5.41, 5.74) is 0. The van der Waals surface area contributed by atoms with Gasteiger partial charge in [0.1, 0.15) is 0 Å². The molecule has 5 nitrogen and oxygen atoms in total. The molecule has 0 bridgehead atoms. The summed E-state index contributed by atoms with van der Waals surface area (Å²) in [6.45, 7) is 11.7. The molecule has 260 valence electrons. The van der Waals surface area contributed by atoms with E-state index in [2.05, 4.69) is 51.3 Å². The van der Waals surface area contributed by atoms with E-state index >= 15 is 0 Å². The molecule has 5 heteroatoms. The van der Waals surface area contributed by atoms with Gasteiger partial charge in [0.2, 0.25) is 0 Å². The normalized spacial score (nSPS) is 11.3. The number of carbonyl (C=O) groups is 2. The first kappa shape index (κ1) is 42.7. The second kappa shape index (κ2) is 34.6. The van der Waals surface area contributed by atoms with E-state index in [9.17, 15) is 9.59 Å². The molecule has 0 unspecified atom stereocenters. The highest BCUT2D eigenvalue weighted by Crippen LogP contribution is 2.14. The minimum atomic E-state index is -0.398. The Labute approximate surface area is 278 Å². The molecule has 0 saturated carbocycles. The van der Waals surface area contributed by atoms with Crippen LogP contribution < -0.4 is 0 Å². The molecule has 0 aliphatic rings. The largest absolute Gasteiger partial charge is 0.393 e. The fourth-order valence-corrected chi connectivity index (χ4v) is 5.20. The summed E-state index contributed by atoms with van der Waals surface area (Å²) in [5.74, 6) is -1.23. The third-order valence-electron chi connectivity index (χ3n) is 7.97. The zero-order valence-electron chi connectivity index (χ0n) is 29.6. The van der Waals surface area contributed by atoms with Crippen molar-refractivity contribution in [2.75, 3.05) is 0 Å². The molecule has 0 rings (SSSR count). The lowest BCUT2D eigenvalue weighted by atomic mass is 10.1. The Morgan fingerprint density at radius 3 is 0.978 bits per heavy atom. The molecule has 45 heavy (non-hydrogen) atoms. The Balaban J connectivity index is 3.59. The fraction of sp³-hybridized carbons (Fsp3) is 0.750. The van der Waals surface area contributed by atoms with Gasteiger partial charge in [-0.3, -0.25) is 9.59 Å². The van der Waals surface area contributed by atoms with Gasteiger partial charge < -0.3 is 14.2 Å². The number of hydrogen-bond acceptors (Lipinski definition) is 5. The summed E-state index contributed by atoms with van der Waals surface area (Å²) < 4.78 is 15.3. The second-order valence-corrected chi connectivity index (χ2v) is 12.5. The molecule has 0 aromatic rings. The number of allylic oxidation sites excluding steroid dienone is 4. The number of carbonyl (C=O) groups excluding carboxylic acids is 2. The SMILES string of the molecule is C=C(OC(=C)OC(=O)CCCCCCC/C=C\CCCCCCCC)OC(=O)CCCCCCCC=CCCCCCCCC. The quantitative estimate of drug-likeness (QED) is 0.0306. The van der Waals surface area contributed by atoms with E-state index in [0.29, 0.717) is 12.8 Å². The highest BCUT2D eigenvalue weighted by atomic mass is 16.8. The third-order valence-corrected chi connectivity index (χ3v) is 7.97. The topological polar surface area (TPSA) is 61.8 Å². The van der Waals surface area contributed by atoms with Crippen LogP contribution >= 0.6 is 0 Å². The summed E-state index contributed by atoms with van der Waals surface area (Å²) in [4.78, 5) is 24.1. The molecule has 0 spiro atoms. The Morgan fingerprint density at radius 1 is 0.400 bits per heavy atom. The van der Waals surface area contributed by atoms with Crippen LogP contribution in [0.15, 0.2) is 49.4 Å². The van der Waals surface area contributed by atoms with E-state index < -0.39 is 11.9 Å². The van der Waals surface area contributed by atoms with Gasteiger partial charge in [-0.25, -0.2) is 0 Å². The molecule has 0 fully saturated rings. The number of hydrogen-bond donors (Lipinski definition) is 0. The maximum Gasteiger partial charge on any atom is 0.313 e. The number of unbranched alkanes of at least 4 members (excludes halogenated alkanes) is 22. The van der Waals surface area contributed by atoms with Gasteiger partial charge in [0, 0.05) is 12.8 Å². The molecule has 0 aliphatic carbocycles. The van der Waals surface area contributed by atoms with E-state index in [0.717, 1.165) is 51.4 Å². The van der Waals surface area contributed by atoms with Crippen molar-refractivity contribution in [2.45, 2.75) is 194 Å². The van der Waals surface area contributed by atoms with Crippen LogP contribution in [0.4, 0.5) is 0 Å². The van der Waals surface area contributed by atoms with Crippen LogP contribution in [0.3, 0.4) is 0 Å². The van der Waals surface area contributed by atoms with Crippen LogP contribution in [0.2, 0.25) is 0 Å². The van der Waals surface area contributed by atoms with Gasteiger partial charge in [-0.1, -0.05) is 141 Å². The van der Waals surface area contributed by atoms with Crippen molar-refractivity contribution in [3.8, 4) is 0 Å².